The highest BCUT2D eigenvalue weighted by Crippen LogP contribution is 2.28. The molecule has 1 N–H and O–H groups in total. The van der Waals surface area contributed by atoms with Gasteiger partial charge in [0.05, 0.1) is 19.3 Å². The highest BCUT2D eigenvalue weighted by atomic mass is 16.5. The van der Waals surface area contributed by atoms with Crippen LogP contribution in [0.4, 0.5) is 5.82 Å². The molecule has 1 amide bonds. The third-order valence-corrected chi connectivity index (χ3v) is 6.28. The van der Waals surface area contributed by atoms with E-state index < -0.39 is 0 Å². The molecule has 0 aliphatic carbocycles. The molecule has 0 saturated carbocycles. The molecule has 168 valence electrons. The number of likely N-dealkylation sites (tertiary alicyclic amines) is 1. The van der Waals surface area contributed by atoms with Gasteiger partial charge in [-0.25, -0.2) is 15.0 Å². The second-order valence-electron chi connectivity index (χ2n) is 8.30. The summed E-state index contributed by atoms with van der Waals surface area (Å²) in [5.74, 6) is 1.62. The molecule has 5 rings (SSSR count). The summed E-state index contributed by atoms with van der Waals surface area (Å²) in [7, 11) is 3.72. The molecular weight excluding hydrogens is 410 g/mol. The predicted molar refractivity (Wildman–Crippen MR) is 116 cm³/mol. The van der Waals surface area contributed by atoms with E-state index in [2.05, 4.69) is 36.1 Å². The maximum absolute atomic E-state index is 12.5. The summed E-state index contributed by atoms with van der Waals surface area (Å²) in [6, 6.07) is 0.132. The fourth-order valence-corrected chi connectivity index (χ4v) is 4.54. The van der Waals surface area contributed by atoms with Gasteiger partial charge in [0.25, 0.3) is 5.91 Å². The number of allylic oxidation sites excluding steroid dienone is 2. The van der Waals surface area contributed by atoms with Crippen LogP contribution < -0.4 is 5.32 Å². The van der Waals surface area contributed by atoms with Crippen LogP contribution in [0.3, 0.4) is 0 Å². The first-order valence-corrected chi connectivity index (χ1v) is 10.8. The number of nitrogens with zero attached hydrogens (tertiary/aromatic N) is 6. The number of oxazole rings is 1. The maximum Gasteiger partial charge on any atom is 0.275 e. The van der Waals surface area contributed by atoms with Crippen molar-refractivity contribution in [2.45, 2.75) is 25.4 Å². The fourth-order valence-electron chi connectivity index (χ4n) is 4.54. The van der Waals surface area contributed by atoms with E-state index in [4.69, 9.17) is 9.15 Å². The average molecular weight is 438 g/mol. The van der Waals surface area contributed by atoms with Gasteiger partial charge in [-0.1, -0.05) is 0 Å². The molecule has 0 spiro atoms. The minimum atomic E-state index is -0.101. The maximum atomic E-state index is 12.5. The fraction of sp³-hybridized carbons (Fsp3) is 0.455. The van der Waals surface area contributed by atoms with Crippen molar-refractivity contribution in [1.29, 1.82) is 0 Å². The number of likely N-dealkylation sites (N-methyl/N-ethyl adjacent to an activating group) is 1. The van der Waals surface area contributed by atoms with Gasteiger partial charge in [-0.05, 0) is 18.6 Å². The third-order valence-electron chi connectivity index (χ3n) is 6.28. The van der Waals surface area contributed by atoms with Crippen LogP contribution in [0, 0.1) is 0 Å². The number of rotatable bonds is 5. The Morgan fingerprint density at radius 3 is 2.91 bits per heavy atom. The van der Waals surface area contributed by atoms with E-state index in [1.54, 1.807) is 18.3 Å². The average Bonchev–Trinajstić information content (AvgIpc) is 3.51. The molecule has 0 unspecified atom stereocenters. The van der Waals surface area contributed by atoms with Crippen molar-refractivity contribution in [2.24, 2.45) is 0 Å². The van der Waals surface area contributed by atoms with Gasteiger partial charge < -0.3 is 29.2 Å². The monoisotopic (exact) mass is 437 g/mol. The van der Waals surface area contributed by atoms with Gasteiger partial charge in [0, 0.05) is 56.9 Å². The van der Waals surface area contributed by atoms with Crippen molar-refractivity contribution in [2.75, 3.05) is 45.7 Å². The molecule has 2 aromatic heterocycles. The SMILES string of the molecule is COC1=CC=C(N2CCc3ncnc(N[C@H]4CCN(C(=O)c5cocn5)C4)c3C2)CN1C. The Morgan fingerprint density at radius 1 is 1.22 bits per heavy atom. The molecule has 0 radical (unpaired) electrons. The quantitative estimate of drug-likeness (QED) is 0.745. The summed E-state index contributed by atoms with van der Waals surface area (Å²) in [5.41, 5.74) is 3.81. The van der Waals surface area contributed by atoms with E-state index in [1.807, 2.05) is 13.1 Å². The van der Waals surface area contributed by atoms with E-state index in [9.17, 15) is 4.79 Å². The van der Waals surface area contributed by atoms with Crippen LogP contribution in [0.1, 0.15) is 28.2 Å². The highest BCUT2D eigenvalue weighted by Gasteiger charge is 2.30. The number of ether oxygens (including phenoxy) is 1. The zero-order chi connectivity index (χ0) is 22.1. The van der Waals surface area contributed by atoms with Gasteiger partial charge >= 0.3 is 0 Å². The van der Waals surface area contributed by atoms with Crippen LogP contribution in [0.2, 0.25) is 0 Å². The molecule has 10 heteroatoms. The van der Waals surface area contributed by atoms with E-state index in [-0.39, 0.29) is 11.9 Å². The van der Waals surface area contributed by atoms with Crippen molar-refractivity contribution in [3.8, 4) is 0 Å². The van der Waals surface area contributed by atoms with E-state index in [0.717, 1.165) is 55.4 Å². The van der Waals surface area contributed by atoms with Gasteiger partial charge in [-0.15, -0.1) is 0 Å². The Labute approximate surface area is 186 Å². The highest BCUT2D eigenvalue weighted by molar-refractivity contribution is 5.92. The molecule has 1 saturated heterocycles. The molecular formula is C22H27N7O3. The first kappa shape index (κ1) is 20.3. The Balaban J connectivity index is 1.28. The van der Waals surface area contributed by atoms with E-state index >= 15 is 0 Å². The van der Waals surface area contributed by atoms with Crippen LogP contribution >= 0.6 is 0 Å². The lowest BCUT2D eigenvalue weighted by atomic mass is 10.0. The topological polar surface area (TPSA) is 99.9 Å². The summed E-state index contributed by atoms with van der Waals surface area (Å²) < 4.78 is 10.3. The molecule has 0 aromatic carbocycles. The second-order valence-corrected chi connectivity index (χ2v) is 8.30. The van der Waals surface area contributed by atoms with Crippen molar-refractivity contribution in [3.63, 3.8) is 0 Å². The van der Waals surface area contributed by atoms with Gasteiger partial charge in [0.2, 0.25) is 0 Å². The Hall–Kier alpha value is -3.56. The number of hydrogen-bond acceptors (Lipinski definition) is 9. The number of nitrogens with one attached hydrogen (secondary N) is 1. The number of methoxy groups -OCH3 is 1. The Kier molecular flexibility index (Phi) is 5.42. The molecule has 3 aliphatic rings. The number of carbonyl (C=O) groups is 1. The molecule has 32 heavy (non-hydrogen) atoms. The number of hydrogen-bond donors (Lipinski definition) is 1. The molecule has 1 atom stereocenters. The van der Waals surface area contributed by atoms with Crippen LogP contribution in [0.5, 0.6) is 0 Å². The van der Waals surface area contributed by atoms with E-state index in [0.29, 0.717) is 18.8 Å². The van der Waals surface area contributed by atoms with Crippen molar-refractivity contribution < 1.29 is 13.9 Å². The summed E-state index contributed by atoms with van der Waals surface area (Å²) in [5, 5.41) is 3.57. The molecule has 3 aliphatic heterocycles. The van der Waals surface area contributed by atoms with Crippen LogP contribution in [0.15, 0.2) is 47.1 Å². The van der Waals surface area contributed by atoms with Gasteiger partial charge in [-0.3, -0.25) is 4.79 Å². The molecule has 2 aromatic rings. The molecule has 1 fully saturated rings. The molecule has 10 nitrogen and oxygen atoms in total. The predicted octanol–water partition coefficient (Wildman–Crippen LogP) is 1.47. The van der Waals surface area contributed by atoms with Crippen molar-refractivity contribution >= 4 is 11.7 Å². The van der Waals surface area contributed by atoms with Crippen LogP contribution in [0.25, 0.3) is 0 Å². The first-order valence-electron chi connectivity index (χ1n) is 10.8. The largest absolute Gasteiger partial charge is 0.482 e. The second kappa shape index (κ2) is 8.52. The first-order chi connectivity index (χ1) is 15.6. The number of carbonyl (C=O) groups excluding carboxylic acids is 1. The lowest BCUT2D eigenvalue weighted by Gasteiger charge is -2.36. The van der Waals surface area contributed by atoms with Gasteiger partial charge in [0.1, 0.15) is 18.4 Å². The zero-order valence-corrected chi connectivity index (χ0v) is 18.3. The van der Waals surface area contributed by atoms with Gasteiger partial charge in [0.15, 0.2) is 18.0 Å². The number of amides is 1. The number of fused-ring (bicyclic) bond motifs is 1. The van der Waals surface area contributed by atoms with E-state index in [1.165, 1.54) is 18.4 Å². The normalized spacial score (nSPS) is 20.6. The molecule has 0 bridgehead atoms. The summed E-state index contributed by atoms with van der Waals surface area (Å²) in [6.45, 7) is 3.75. The lowest BCUT2D eigenvalue weighted by Crippen LogP contribution is -2.37. The smallest absolute Gasteiger partial charge is 0.275 e. The molecule has 5 heterocycles. The lowest BCUT2D eigenvalue weighted by molar-refractivity contribution is 0.0786. The summed E-state index contributed by atoms with van der Waals surface area (Å²) in [6.07, 6.45) is 10.2. The Bertz CT molecular complexity index is 1050. The van der Waals surface area contributed by atoms with Crippen molar-refractivity contribution in [1.82, 2.24) is 29.7 Å². The Morgan fingerprint density at radius 2 is 2.12 bits per heavy atom. The zero-order valence-electron chi connectivity index (χ0n) is 18.3. The number of anilines is 1. The number of aromatic nitrogens is 3. The van der Waals surface area contributed by atoms with Crippen LogP contribution in [-0.2, 0) is 17.7 Å². The van der Waals surface area contributed by atoms with Gasteiger partial charge in [-0.2, -0.15) is 0 Å². The minimum Gasteiger partial charge on any atom is -0.482 e. The standard InChI is InChI=1S/C22H27N7O3/c1-27-10-16(3-4-20(27)31-2)28-8-6-18-17(11-28)21(24-13-23-18)26-15-5-7-29(9-15)22(30)19-12-32-14-25-19/h3-4,12-15H,5-11H2,1-2H3,(H,23,24,26)/t15-/m0/s1. The van der Waals surface area contributed by atoms with Crippen molar-refractivity contribution in [3.05, 3.63) is 59.7 Å². The summed E-state index contributed by atoms with van der Waals surface area (Å²) in [4.78, 5) is 31.9. The summed E-state index contributed by atoms with van der Waals surface area (Å²) >= 11 is 0. The third kappa shape index (κ3) is 3.88. The minimum absolute atomic E-state index is 0.101. The van der Waals surface area contributed by atoms with Crippen LogP contribution in [-0.4, -0.2) is 81.9 Å².